The van der Waals surface area contributed by atoms with Crippen molar-refractivity contribution in [2.75, 3.05) is 0 Å². The van der Waals surface area contributed by atoms with Crippen molar-refractivity contribution in [2.45, 2.75) is 13.5 Å². The van der Waals surface area contributed by atoms with Crippen LogP contribution in [0.4, 0.5) is 0 Å². The van der Waals surface area contributed by atoms with Gasteiger partial charge in [0, 0.05) is 28.4 Å². The number of imidazole rings is 1. The van der Waals surface area contributed by atoms with Crippen molar-refractivity contribution < 1.29 is 0 Å². The lowest BCUT2D eigenvalue weighted by Gasteiger charge is -2.09. The van der Waals surface area contributed by atoms with E-state index >= 15 is 0 Å². The van der Waals surface area contributed by atoms with Crippen LogP contribution in [0.15, 0.2) is 84.2 Å². The molecule has 0 unspecified atom stereocenters. The Bertz CT molecular complexity index is 1810. The summed E-state index contributed by atoms with van der Waals surface area (Å²) < 4.78 is 4.52. The second-order valence-corrected chi connectivity index (χ2v) is 9.02. The molecule has 33 heavy (non-hydrogen) atoms. The monoisotopic (exact) mass is 445 g/mol. The van der Waals surface area contributed by atoms with E-state index in [0.717, 1.165) is 39.6 Å². The van der Waals surface area contributed by atoms with Crippen LogP contribution in [0.2, 0.25) is 0 Å². The minimum atomic E-state index is 0.660. The first kappa shape index (κ1) is 18.5. The number of hydrogen-bond acceptors (Lipinski definition) is 4. The van der Waals surface area contributed by atoms with Gasteiger partial charge in [-0.1, -0.05) is 36.4 Å². The molecule has 4 aromatic heterocycles. The number of hydrogen-bond donors (Lipinski definition) is 0. The van der Waals surface area contributed by atoms with Crippen LogP contribution in [0.5, 0.6) is 0 Å². The molecule has 0 radical (unpaired) electrons. The lowest BCUT2D eigenvalue weighted by atomic mass is 10.1. The summed E-state index contributed by atoms with van der Waals surface area (Å²) in [5.41, 5.74) is 6.69. The number of benzene rings is 3. The Labute approximate surface area is 193 Å². The van der Waals surface area contributed by atoms with Gasteiger partial charge >= 0.3 is 0 Å². The molecule has 0 saturated heterocycles. The standard InChI is InChI=1S/C27H19N5S/c1-2-31-22-11-6-3-8-18(22)19-16-17(13-14-23(19)31)32-26(24-12-7-15-33-24)30-25-27(32)29-21-10-5-4-9-20(21)28-25/h3-16H,2H2,1H3. The molecule has 0 aliphatic heterocycles. The van der Waals surface area contributed by atoms with E-state index in [1.807, 2.05) is 24.3 Å². The van der Waals surface area contributed by atoms with Crippen LogP contribution in [0.25, 0.3) is 60.5 Å². The minimum absolute atomic E-state index is 0.660. The Hall–Kier alpha value is -4.03. The number of rotatable bonds is 3. The van der Waals surface area contributed by atoms with Crippen LogP contribution < -0.4 is 0 Å². The smallest absolute Gasteiger partial charge is 0.199 e. The number of aryl methyl sites for hydroxylation is 1. The fourth-order valence-electron chi connectivity index (χ4n) is 4.79. The van der Waals surface area contributed by atoms with Crippen LogP contribution in [-0.2, 0) is 6.54 Å². The van der Waals surface area contributed by atoms with E-state index in [2.05, 4.69) is 76.0 Å². The van der Waals surface area contributed by atoms with Crippen molar-refractivity contribution in [1.82, 2.24) is 24.1 Å². The Morgan fingerprint density at radius 2 is 1.55 bits per heavy atom. The number of nitrogens with zero attached hydrogens (tertiary/aromatic N) is 5. The lowest BCUT2D eigenvalue weighted by Crippen LogP contribution is -1.99. The highest BCUT2D eigenvalue weighted by Gasteiger charge is 2.19. The lowest BCUT2D eigenvalue weighted by molar-refractivity contribution is 0.827. The third kappa shape index (κ3) is 2.68. The van der Waals surface area contributed by atoms with Gasteiger partial charge in [-0.25, -0.2) is 15.0 Å². The maximum Gasteiger partial charge on any atom is 0.199 e. The second kappa shape index (κ2) is 6.98. The highest BCUT2D eigenvalue weighted by molar-refractivity contribution is 7.13. The van der Waals surface area contributed by atoms with Crippen LogP contribution >= 0.6 is 11.3 Å². The Kier molecular flexibility index (Phi) is 3.92. The molecule has 0 fully saturated rings. The molecule has 0 N–H and O–H groups in total. The Morgan fingerprint density at radius 3 is 2.36 bits per heavy atom. The molecule has 0 aliphatic carbocycles. The average Bonchev–Trinajstić information content (AvgIpc) is 3.58. The predicted molar refractivity (Wildman–Crippen MR) is 136 cm³/mol. The normalized spacial score (nSPS) is 11.9. The van der Waals surface area contributed by atoms with Gasteiger partial charge in [-0.2, -0.15) is 0 Å². The molecule has 0 amide bonds. The van der Waals surface area contributed by atoms with Crippen molar-refractivity contribution in [1.29, 1.82) is 0 Å². The molecule has 6 heteroatoms. The topological polar surface area (TPSA) is 48.5 Å². The van der Waals surface area contributed by atoms with E-state index in [-0.39, 0.29) is 0 Å². The van der Waals surface area contributed by atoms with Gasteiger partial charge in [0.25, 0.3) is 0 Å². The molecule has 5 nitrogen and oxygen atoms in total. The summed E-state index contributed by atoms with van der Waals surface area (Å²) >= 11 is 1.68. The SMILES string of the molecule is CCn1c2ccccc2c2cc(-n3c(-c4cccs4)nc4nc5ccccc5nc43)ccc21. The van der Waals surface area contributed by atoms with Gasteiger partial charge in [-0.3, -0.25) is 4.57 Å². The third-order valence-corrected chi connectivity index (χ3v) is 7.11. The first-order valence-electron chi connectivity index (χ1n) is 11.0. The maximum atomic E-state index is 4.99. The zero-order chi connectivity index (χ0) is 21.9. The van der Waals surface area contributed by atoms with E-state index in [9.17, 15) is 0 Å². The van der Waals surface area contributed by atoms with E-state index in [1.54, 1.807) is 11.3 Å². The van der Waals surface area contributed by atoms with Crippen molar-refractivity contribution >= 4 is 55.5 Å². The van der Waals surface area contributed by atoms with Crippen LogP contribution in [0.3, 0.4) is 0 Å². The summed E-state index contributed by atoms with van der Waals surface area (Å²) in [5, 5.41) is 4.57. The van der Waals surface area contributed by atoms with E-state index < -0.39 is 0 Å². The highest BCUT2D eigenvalue weighted by Crippen LogP contribution is 2.34. The van der Waals surface area contributed by atoms with Crippen LogP contribution in [0.1, 0.15) is 6.92 Å². The summed E-state index contributed by atoms with van der Waals surface area (Å²) in [4.78, 5) is 15.8. The summed E-state index contributed by atoms with van der Waals surface area (Å²) in [5.74, 6) is 0.869. The van der Waals surface area contributed by atoms with E-state index in [4.69, 9.17) is 15.0 Å². The number of aromatic nitrogens is 5. The number of para-hydroxylation sites is 3. The quantitative estimate of drug-likeness (QED) is 0.300. The van der Waals surface area contributed by atoms with Gasteiger partial charge in [-0.15, -0.1) is 11.3 Å². The van der Waals surface area contributed by atoms with Crippen molar-refractivity contribution in [3.8, 4) is 16.4 Å². The molecule has 7 rings (SSSR count). The van der Waals surface area contributed by atoms with Crippen LogP contribution in [-0.4, -0.2) is 24.1 Å². The van der Waals surface area contributed by atoms with Crippen molar-refractivity contribution in [3.63, 3.8) is 0 Å². The van der Waals surface area contributed by atoms with Crippen molar-refractivity contribution in [2.24, 2.45) is 0 Å². The van der Waals surface area contributed by atoms with Gasteiger partial charge < -0.3 is 4.57 Å². The average molecular weight is 446 g/mol. The molecule has 4 heterocycles. The largest absolute Gasteiger partial charge is 0.341 e. The van der Waals surface area contributed by atoms with Gasteiger partial charge in [0.2, 0.25) is 0 Å². The molecule has 0 bridgehead atoms. The summed E-state index contributed by atoms with van der Waals surface area (Å²) in [6, 6.07) is 27.4. The molecule has 3 aromatic carbocycles. The first-order valence-corrected chi connectivity index (χ1v) is 11.9. The van der Waals surface area contributed by atoms with Gasteiger partial charge in [-0.05, 0) is 54.8 Å². The first-order chi connectivity index (χ1) is 16.3. The Balaban J connectivity index is 1.59. The minimum Gasteiger partial charge on any atom is -0.341 e. The molecule has 0 atom stereocenters. The highest BCUT2D eigenvalue weighted by atomic mass is 32.1. The molecule has 0 spiro atoms. The third-order valence-electron chi connectivity index (χ3n) is 6.24. The fraction of sp³-hybridized carbons (Fsp3) is 0.0741. The zero-order valence-electron chi connectivity index (χ0n) is 17.9. The molecule has 0 aliphatic rings. The van der Waals surface area contributed by atoms with Gasteiger partial charge in [0.1, 0.15) is 0 Å². The summed E-state index contributed by atoms with van der Waals surface area (Å²) in [6.07, 6.45) is 0. The molecular weight excluding hydrogens is 426 g/mol. The number of fused-ring (bicyclic) bond motifs is 5. The zero-order valence-corrected chi connectivity index (χ0v) is 18.8. The van der Waals surface area contributed by atoms with Gasteiger partial charge in [0.15, 0.2) is 17.1 Å². The molecular formula is C27H19N5S. The van der Waals surface area contributed by atoms with Crippen molar-refractivity contribution in [3.05, 3.63) is 84.2 Å². The maximum absolute atomic E-state index is 4.99. The van der Waals surface area contributed by atoms with Crippen LogP contribution in [0, 0.1) is 0 Å². The Morgan fingerprint density at radius 1 is 0.758 bits per heavy atom. The molecule has 7 aromatic rings. The van der Waals surface area contributed by atoms with E-state index in [0.29, 0.717) is 5.65 Å². The summed E-state index contributed by atoms with van der Waals surface area (Å²) in [7, 11) is 0. The molecule has 158 valence electrons. The van der Waals surface area contributed by atoms with E-state index in [1.165, 1.54) is 21.8 Å². The second-order valence-electron chi connectivity index (χ2n) is 8.07. The fourth-order valence-corrected chi connectivity index (χ4v) is 5.50. The number of thiophene rings is 1. The molecule has 0 saturated carbocycles. The predicted octanol–water partition coefficient (Wildman–Crippen LogP) is 6.83. The van der Waals surface area contributed by atoms with Gasteiger partial charge in [0.05, 0.1) is 21.6 Å². The summed E-state index contributed by atoms with van der Waals surface area (Å²) in [6.45, 7) is 3.12.